The van der Waals surface area contributed by atoms with Crippen molar-refractivity contribution in [3.05, 3.63) is 18.3 Å². The topological polar surface area (TPSA) is 54.4 Å². The first-order chi connectivity index (χ1) is 8.49. The first-order valence-corrected chi connectivity index (χ1v) is 6.44. The Bertz CT molecular complexity index is 361. The van der Waals surface area contributed by atoms with Crippen molar-refractivity contribution in [2.24, 2.45) is 5.41 Å². The second-order valence-corrected chi connectivity index (χ2v) is 5.36. The molecule has 0 aliphatic rings. The lowest BCUT2D eigenvalue weighted by Crippen LogP contribution is -2.35. The molecule has 0 saturated heterocycles. The lowest BCUT2D eigenvalue weighted by atomic mass is 9.85. The van der Waals surface area contributed by atoms with Gasteiger partial charge in [-0.3, -0.25) is 0 Å². The highest BCUT2D eigenvalue weighted by Gasteiger charge is 2.25. The molecule has 1 aromatic heterocycles. The summed E-state index contributed by atoms with van der Waals surface area (Å²) in [6, 6.07) is 3.91. The maximum absolute atomic E-state index is 9.16. The number of hydrogen-bond acceptors (Lipinski definition) is 4. The van der Waals surface area contributed by atoms with E-state index in [1.807, 2.05) is 19.1 Å². The molecule has 1 rings (SSSR count). The summed E-state index contributed by atoms with van der Waals surface area (Å²) >= 11 is 0. The van der Waals surface area contributed by atoms with Crippen LogP contribution in [0.4, 0.5) is 5.82 Å². The molecule has 0 bridgehead atoms. The van der Waals surface area contributed by atoms with Crippen LogP contribution in [0.25, 0.3) is 0 Å². The van der Waals surface area contributed by atoms with Crippen LogP contribution < -0.4 is 10.1 Å². The van der Waals surface area contributed by atoms with Crippen LogP contribution in [0.1, 0.15) is 34.1 Å². The Hall–Kier alpha value is -1.29. The summed E-state index contributed by atoms with van der Waals surface area (Å²) in [7, 11) is 0. The van der Waals surface area contributed by atoms with Gasteiger partial charge in [0.05, 0.1) is 6.61 Å². The zero-order chi connectivity index (χ0) is 13.6. The van der Waals surface area contributed by atoms with Gasteiger partial charge in [0.15, 0.2) is 11.6 Å². The van der Waals surface area contributed by atoms with Crippen molar-refractivity contribution in [3.63, 3.8) is 0 Å². The van der Waals surface area contributed by atoms with Crippen molar-refractivity contribution in [2.45, 2.75) is 40.2 Å². The van der Waals surface area contributed by atoms with Crippen LogP contribution in [0.2, 0.25) is 0 Å². The number of aliphatic hydroxyl groups excluding tert-OH is 1. The summed E-state index contributed by atoms with van der Waals surface area (Å²) in [4.78, 5) is 4.32. The zero-order valence-electron chi connectivity index (χ0n) is 11.7. The van der Waals surface area contributed by atoms with Crippen LogP contribution in [0.3, 0.4) is 0 Å². The number of anilines is 1. The van der Waals surface area contributed by atoms with Gasteiger partial charge < -0.3 is 15.2 Å². The molecule has 1 atom stereocenters. The summed E-state index contributed by atoms with van der Waals surface area (Å²) < 4.78 is 5.54. The van der Waals surface area contributed by atoms with Crippen molar-refractivity contribution in [3.8, 4) is 5.75 Å². The molecule has 2 N–H and O–H groups in total. The highest BCUT2D eigenvalue weighted by atomic mass is 16.5. The minimum Gasteiger partial charge on any atom is -0.490 e. The second-order valence-electron chi connectivity index (χ2n) is 5.36. The van der Waals surface area contributed by atoms with Crippen LogP contribution >= 0.6 is 0 Å². The molecule has 1 heterocycles. The van der Waals surface area contributed by atoms with Gasteiger partial charge in [0.2, 0.25) is 0 Å². The fourth-order valence-corrected chi connectivity index (χ4v) is 1.79. The zero-order valence-corrected chi connectivity index (χ0v) is 11.7. The number of nitrogens with zero attached hydrogens (tertiary/aromatic N) is 1. The number of pyridine rings is 1. The monoisotopic (exact) mass is 252 g/mol. The predicted molar refractivity (Wildman–Crippen MR) is 74.0 cm³/mol. The smallest absolute Gasteiger partial charge is 0.168 e. The van der Waals surface area contributed by atoms with Crippen molar-refractivity contribution in [2.75, 3.05) is 18.5 Å². The van der Waals surface area contributed by atoms with E-state index in [2.05, 4.69) is 31.1 Å². The summed E-state index contributed by atoms with van der Waals surface area (Å²) in [6.07, 6.45) is 2.43. The van der Waals surface area contributed by atoms with E-state index in [-0.39, 0.29) is 18.1 Å². The van der Waals surface area contributed by atoms with E-state index in [1.165, 1.54) is 0 Å². The SMILES string of the molecule is CCOc1cccnc1NC(CCO)C(C)(C)C. The minimum atomic E-state index is 0.0454. The Morgan fingerprint density at radius 3 is 2.72 bits per heavy atom. The fourth-order valence-electron chi connectivity index (χ4n) is 1.79. The van der Waals surface area contributed by atoms with Gasteiger partial charge in [-0.25, -0.2) is 4.98 Å². The molecule has 0 amide bonds. The standard InChI is InChI=1S/C14H24N2O2/c1-5-18-11-7-6-9-15-13(11)16-12(8-10-17)14(2,3)4/h6-7,9,12,17H,5,8,10H2,1-4H3,(H,15,16). The van der Waals surface area contributed by atoms with Crippen LogP contribution in [0.5, 0.6) is 5.75 Å². The van der Waals surface area contributed by atoms with Gasteiger partial charge in [0.1, 0.15) is 0 Å². The van der Waals surface area contributed by atoms with Gasteiger partial charge in [-0.15, -0.1) is 0 Å². The summed E-state index contributed by atoms with van der Waals surface area (Å²) in [6.45, 7) is 9.15. The summed E-state index contributed by atoms with van der Waals surface area (Å²) in [5, 5.41) is 12.5. The molecule has 1 aromatic rings. The molecule has 18 heavy (non-hydrogen) atoms. The van der Waals surface area contributed by atoms with Gasteiger partial charge in [-0.05, 0) is 30.9 Å². The number of rotatable bonds is 6. The molecular weight excluding hydrogens is 228 g/mol. The van der Waals surface area contributed by atoms with E-state index in [0.717, 1.165) is 11.6 Å². The number of ether oxygens (including phenoxy) is 1. The Morgan fingerprint density at radius 2 is 2.17 bits per heavy atom. The quantitative estimate of drug-likeness (QED) is 0.817. The van der Waals surface area contributed by atoms with Gasteiger partial charge in [-0.1, -0.05) is 20.8 Å². The van der Waals surface area contributed by atoms with Crippen molar-refractivity contribution in [1.29, 1.82) is 0 Å². The van der Waals surface area contributed by atoms with Crippen molar-refractivity contribution >= 4 is 5.82 Å². The Morgan fingerprint density at radius 1 is 1.44 bits per heavy atom. The number of aliphatic hydroxyl groups is 1. The summed E-state index contributed by atoms with van der Waals surface area (Å²) in [5.41, 5.74) is 0.0454. The maximum Gasteiger partial charge on any atom is 0.168 e. The molecule has 0 fully saturated rings. The Balaban J connectivity index is 2.86. The largest absolute Gasteiger partial charge is 0.490 e. The number of aromatic nitrogens is 1. The second kappa shape index (κ2) is 6.59. The molecular formula is C14H24N2O2. The minimum absolute atomic E-state index is 0.0454. The lowest BCUT2D eigenvalue weighted by molar-refractivity contribution is 0.234. The molecule has 102 valence electrons. The van der Waals surface area contributed by atoms with Gasteiger partial charge in [-0.2, -0.15) is 0 Å². The van der Waals surface area contributed by atoms with Crippen LogP contribution in [0, 0.1) is 5.41 Å². The van der Waals surface area contributed by atoms with Crippen molar-refractivity contribution < 1.29 is 9.84 Å². The highest BCUT2D eigenvalue weighted by Crippen LogP contribution is 2.28. The molecule has 0 aromatic carbocycles. The van der Waals surface area contributed by atoms with E-state index in [9.17, 15) is 0 Å². The lowest BCUT2D eigenvalue weighted by Gasteiger charge is -2.32. The average Bonchev–Trinajstić information content (AvgIpc) is 2.30. The molecule has 0 aliphatic carbocycles. The van der Waals surface area contributed by atoms with Crippen LogP contribution in [0.15, 0.2) is 18.3 Å². The van der Waals surface area contributed by atoms with Crippen LogP contribution in [-0.2, 0) is 0 Å². The van der Waals surface area contributed by atoms with Crippen LogP contribution in [-0.4, -0.2) is 29.3 Å². The summed E-state index contributed by atoms with van der Waals surface area (Å²) in [5.74, 6) is 1.50. The molecule has 0 saturated carbocycles. The number of nitrogens with one attached hydrogen (secondary N) is 1. The van der Waals surface area contributed by atoms with Gasteiger partial charge >= 0.3 is 0 Å². The third kappa shape index (κ3) is 4.18. The fraction of sp³-hybridized carbons (Fsp3) is 0.643. The average molecular weight is 252 g/mol. The normalized spacial score (nSPS) is 13.2. The maximum atomic E-state index is 9.16. The highest BCUT2D eigenvalue weighted by molar-refractivity contribution is 5.50. The predicted octanol–water partition coefficient (Wildman–Crippen LogP) is 2.69. The molecule has 1 unspecified atom stereocenters. The first kappa shape index (κ1) is 14.8. The Kier molecular flexibility index (Phi) is 5.41. The third-order valence-electron chi connectivity index (χ3n) is 2.84. The third-order valence-corrected chi connectivity index (χ3v) is 2.84. The first-order valence-electron chi connectivity index (χ1n) is 6.44. The van der Waals surface area contributed by atoms with E-state index in [4.69, 9.17) is 9.84 Å². The molecule has 0 radical (unpaired) electrons. The van der Waals surface area contributed by atoms with E-state index in [0.29, 0.717) is 13.0 Å². The van der Waals surface area contributed by atoms with E-state index < -0.39 is 0 Å². The van der Waals surface area contributed by atoms with E-state index in [1.54, 1.807) is 6.20 Å². The number of hydrogen-bond donors (Lipinski definition) is 2. The molecule has 4 heteroatoms. The van der Waals surface area contributed by atoms with Gasteiger partial charge in [0.25, 0.3) is 0 Å². The molecule has 0 aliphatic heterocycles. The van der Waals surface area contributed by atoms with Crippen molar-refractivity contribution in [1.82, 2.24) is 4.98 Å². The van der Waals surface area contributed by atoms with Gasteiger partial charge in [0, 0.05) is 18.8 Å². The van der Waals surface area contributed by atoms with E-state index >= 15 is 0 Å². The molecule has 0 spiro atoms. The molecule has 4 nitrogen and oxygen atoms in total. The Labute approximate surface area is 109 Å².